The van der Waals surface area contributed by atoms with Crippen molar-refractivity contribution in [2.24, 2.45) is 5.73 Å². The van der Waals surface area contributed by atoms with E-state index in [-0.39, 0.29) is 6.04 Å². The first-order chi connectivity index (χ1) is 9.69. The summed E-state index contributed by atoms with van der Waals surface area (Å²) >= 11 is 0. The van der Waals surface area contributed by atoms with E-state index in [1.54, 1.807) is 0 Å². The minimum Gasteiger partial charge on any atom is -0.492 e. The lowest BCUT2D eigenvalue weighted by atomic mass is 10.0. The molecule has 20 heavy (non-hydrogen) atoms. The highest BCUT2D eigenvalue weighted by Crippen LogP contribution is 2.17. The summed E-state index contributed by atoms with van der Waals surface area (Å²) in [5.74, 6) is 0.878. The van der Waals surface area contributed by atoms with Crippen LogP contribution in [-0.4, -0.2) is 6.61 Å². The van der Waals surface area contributed by atoms with Gasteiger partial charge in [-0.25, -0.2) is 0 Å². The van der Waals surface area contributed by atoms with E-state index in [1.165, 1.54) is 17.5 Å². The van der Waals surface area contributed by atoms with Gasteiger partial charge in [0.05, 0.1) is 6.04 Å². The van der Waals surface area contributed by atoms with E-state index in [0.717, 1.165) is 17.7 Å². The van der Waals surface area contributed by atoms with E-state index < -0.39 is 0 Å². The number of ether oxygens (including phenoxy) is 1. The molecule has 0 saturated heterocycles. The maximum atomic E-state index is 6.18. The molecule has 2 heteroatoms. The smallest absolute Gasteiger partial charge is 0.119 e. The lowest BCUT2D eigenvalue weighted by Gasteiger charge is -2.14. The molecule has 2 N–H and O–H groups in total. The van der Waals surface area contributed by atoms with Crippen LogP contribution in [0, 0.1) is 6.92 Å². The van der Waals surface area contributed by atoms with Crippen molar-refractivity contribution < 1.29 is 4.74 Å². The fourth-order valence-corrected chi connectivity index (χ4v) is 2.21. The summed E-state index contributed by atoms with van der Waals surface area (Å²) in [4.78, 5) is 0. The molecule has 1 unspecified atom stereocenters. The minimum absolute atomic E-state index is 0.0915. The zero-order chi connectivity index (χ0) is 14.4. The van der Waals surface area contributed by atoms with Gasteiger partial charge in [-0.15, -0.1) is 0 Å². The third-order valence-electron chi connectivity index (χ3n) is 3.37. The number of nitrogens with two attached hydrogens (primary N) is 1. The Morgan fingerprint density at radius 2 is 1.85 bits per heavy atom. The Morgan fingerprint density at radius 1 is 1.10 bits per heavy atom. The van der Waals surface area contributed by atoms with Gasteiger partial charge in [-0.1, -0.05) is 49.7 Å². The number of rotatable bonds is 6. The zero-order valence-corrected chi connectivity index (χ0v) is 12.3. The first-order valence-corrected chi connectivity index (χ1v) is 7.23. The Kier molecular flexibility index (Phi) is 5.19. The molecule has 0 heterocycles. The van der Waals surface area contributed by atoms with Crippen molar-refractivity contribution in [2.45, 2.75) is 32.7 Å². The second-order valence-corrected chi connectivity index (χ2v) is 5.23. The van der Waals surface area contributed by atoms with Gasteiger partial charge in [0.15, 0.2) is 0 Å². The highest BCUT2D eigenvalue weighted by atomic mass is 16.5. The normalized spacial score (nSPS) is 12.2. The minimum atomic E-state index is -0.0915. The van der Waals surface area contributed by atoms with Gasteiger partial charge in [-0.2, -0.15) is 0 Å². The largest absolute Gasteiger partial charge is 0.492 e. The van der Waals surface area contributed by atoms with Crippen LogP contribution in [0.3, 0.4) is 0 Å². The van der Waals surface area contributed by atoms with Crippen LogP contribution in [0.1, 0.15) is 36.1 Å². The summed E-state index contributed by atoms with van der Waals surface area (Å²) < 4.78 is 5.76. The van der Waals surface area contributed by atoms with Gasteiger partial charge < -0.3 is 10.5 Å². The second-order valence-electron chi connectivity index (χ2n) is 5.23. The molecule has 0 amide bonds. The van der Waals surface area contributed by atoms with Crippen molar-refractivity contribution in [3.63, 3.8) is 0 Å². The van der Waals surface area contributed by atoms with Crippen molar-refractivity contribution in [1.29, 1.82) is 0 Å². The lowest BCUT2D eigenvalue weighted by Crippen LogP contribution is -2.19. The van der Waals surface area contributed by atoms with Crippen molar-refractivity contribution in [3.8, 4) is 5.75 Å². The highest BCUT2D eigenvalue weighted by Gasteiger charge is 2.07. The third kappa shape index (κ3) is 4.10. The quantitative estimate of drug-likeness (QED) is 0.859. The van der Waals surface area contributed by atoms with Gasteiger partial charge in [0.2, 0.25) is 0 Å². The van der Waals surface area contributed by atoms with Gasteiger partial charge in [-0.3, -0.25) is 0 Å². The summed E-state index contributed by atoms with van der Waals surface area (Å²) in [7, 11) is 0. The molecule has 2 aromatic rings. The molecule has 0 bridgehead atoms. The van der Waals surface area contributed by atoms with E-state index in [2.05, 4.69) is 44.2 Å². The molecule has 0 saturated carbocycles. The van der Waals surface area contributed by atoms with Gasteiger partial charge in [-0.05, 0) is 42.2 Å². The summed E-state index contributed by atoms with van der Waals surface area (Å²) in [6, 6.07) is 16.5. The third-order valence-corrected chi connectivity index (χ3v) is 3.37. The molecule has 0 spiro atoms. The summed E-state index contributed by atoms with van der Waals surface area (Å²) in [5.41, 5.74) is 9.86. The molecule has 2 nitrogen and oxygen atoms in total. The van der Waals surface area contributed by atoms with Gasteiger partial charge in [0, 0.05) is 0 Å². The number of hydrogen-bond donors (Lipinski definition) is 1. The Hall–Kier alpha value is -1.80. The first-order valence-electron chi connectivity index (χ1n) is 7.23. The Morgan fingerprint density at radius 3 is 2.50 bits per heavy atom. The van der Waals surface area contributed by atoms with Crippen LogP contribution in [-0.2, 0) is 6.42 Å². The Labute approximate surface area is 121 Å². The molecule has 0 aliphatic carbocycles. The van der Waals surface area contributed by atoms with Crippen LogP contribution in [0.2, 0.25) is 0 Å². The van der Waals surface area contributed by atoms with E-state index >= 15 is 0 Å². The fourth-order valence-electron chi connectivity index (χ4n) is 2.21. The van der Waals surface area contributed by atoms with Gasteiger partial charge in [0.25, 0.3) is 0 Å². The molecule has 2 aromatic carbocycles. The lowest BCUT2D eigenvalue weighted by molar-refractivity contribution is 0.290. The monoisotopic (exact) mass is 269 g/mol. The maximum Gasteiger partial charge on any atom is 0.119 e. The van der Waals surface area contributed by atoms with Crippen LogP contribution >= 0.6 is 0 Å². The molecule has 1 atom stereocenters. The molecule has 0 aromatic heterocycles. The average Bonchev–Trinajstić information content (AvgIpc) is 2.46. The molecule has 0 fully saturated rings. The van der Waals surface area contributed by atoms with Gasteiger partial charge >= 0.3 is 0 Å². The fraction of sp³-hybridized carbons (Fsp3) is 0.333. The van der Waals surface area contributed by atoms with Crippen molar-refractivity contribution >= 4 is 0 Å². The van der Waals surface area contributed by atoms with Crippen molar-refractivity contribution in [2.75, 3.05) is 6.61 Å². The van der Waals surface area contributed by atoms with Crippen LogP contribution in [0.5, 0.6) is 5.75 Å². The molecule has 2 rings (SSSR count). The van der Waals surface area contributed by atoms with Crippen molar-refractivity contribution in [3.05, 3.63) is 65.2 Å². The van der Waals surface area contributed by atoms with Crippen LogP contribution < -0.4 is 10.5 Å². The first kappa shape index (κ1) is 14.6. The number of benzene rings is 2. The SMILES string of the molecule is CCCc1ccc(C(N)COc2cccc(C)c2)cc1. The predicted octanol–water partition coefficient (Wildman–Crippen LogP) is 4.03. The summed E-state index contributed by atoms with van der Waals surface area (Å²) in [6.45, 7) is 4.74. The molecular formula is C18H23NO. The molecular weight excluding hydrogens is 246 g/mol. The van der Waals surface area contributed by atoms with Crippen LogP contribution in [0.4, 0.5) is 0 Å². The number of hydrogen-bond acceptors (Lipinski definition) is 2. The standard InChI is InChI=1S/C18H23NO/c1-3-5-15-8-10-16(11-9-15)18(19)13-20-17-7-4-6-14(2)12-17/h4,6-12,18H,3,5,13,19H2,1-2H3. The topological polar surface area (TPSA) is 35.2 Å². The number of aryl methyl sites for hydroxylation is 2. The van der Waals surface area contributed by atoms with Crippen LogP contribution in [0.15, 0.2) is 48.5 Å². The van der Waals surface area contributed by atoms with Crippen molar-refractivity contribution in [1.82, 2.24) is 0 Å². The molecule has 106 valence electrons. The predicted molar refractivity (Wildman–Crippen MR) is 84.0 cm³/mol. The average molecular weight is 269 g/mol. The van der Waals surface area contributed by atoms with Crippen LogP contribution in [0.25, 0.3) is 0 Å². The molecule has 0 radical (unpaired) electrons. The summed E-state index contributed by atoms with van der Waals surface area (Å²) in [6.07, 6.45) is 2.29. The Balaban J connectivity index is 1.92. The second kappa shape index (κ2) is 7.11. The Bertz CT molecular complexity index is 533. The van der Waals surface area contributed by atoms with E-state index in [0.29, 0.717) is 6.61 Å². The van der Waals surface area contributed by atoms with E-state index in [1.807, 2.05) is 18.2 Å². The molecule has 0 aliphatic heterocycles. The summed E-state index contributed by atoms with van der Waals surface area (Å²) in [5, 5.41) is 0. The highest BCUT2D eigenvalue weighted by molar-refractivity contribution is 5.28. The van der Waals surface area contributed by atoms with E-state index in [9.17, 15) is 0 Å². The zero-order valence-electron chi connectivity index (χ0n) is 12.3. The van der Waals surface area contributed by atoms with Gasteiger partial charge in [0.1, 0.15) is 12.4 Å². The van der Waals surface area contributed by atoms with E-state index in [4.69, 9.17) is 10.5 Å². The molecule has 0 aliphatic rings. The maximum absolute atomic E-state index is 6.18.